The van der Waals surface area contributed by atoms with E-state index in [1.165, 1.54) is 18.7 Å². The number of primary amides is 1. The molecule has 3 N–H and O–H groups in total. The largest absolute Gasteiger partial charge is 0.462 e. The number of hydrogen-bond donors (Lipinski definition) is 2. The van der Waals surface area contributed by atoms with Crippen LogP contribution < -0.4 is 11.1 Å². The van der Waals surface area contributed by atoms with Crippen LogP contribution in [0.4, 0.5) is 5.88 Å². The molecule has 0 radical (unpaired) electrons. The van der Waals surface area contributed by atoms with Crippen LogP contribution >= 0.6 is 23.4 Å². The number of ether oxygens (including phenoxy) is 1. The van der Waals surface area contributed by atoms with Crippen molar-refractivity contribution in [1.82, 2.24) is 0 Å². The number of carbonyl (C=O) groups excluding carboxylic acids is 3. The van der Waals surface area contributed by atoms with Crippen molar-refractivity contribution in [3.05, 3.63) is 51.7 Å². The van der Waals surface area contributed by atoms with Crippen molar-refractivity contribution in [2.45, 2.75) is 19.6 Å². The highest BCUT2D eigenvalue weighted by molar-refractivity contribution is 7.99. The van der Waals surface area contributed by atoms with Gasteiger partial charge in [-0.3, -0.25) is 14.9 Å². The van der Waals surface area contributed by atoms with Gasteiger partial charge < -0.3 is 14.9 Å². The summed E-state index contributed by atoms with van der Waals surface area (Å²) in [4.78, 5) is 36.0. The van der Waals surface area contributed by atoms with Gasteiger partial charge in [0.2, 0.25) is 11.8 Å². The Bertz CT molecular complexity index is 848. The number of furan rings is 1. The fourth-order valence-corrected chi connectivity index (χ4v) is 3.24. The summed E-state index contributed by atoms with van der Waals surface area (Å²) in [6.07, 6.45) is 0. The van der Waals surface area contributed by atoms with Crippen molar-refractivity contribution in [3.63, 3.8) is 0 Å². The molecule has 0 saturated carbocycles. The minimum atomic E-state index is -0.890. The van der Waals surface area contributed by atoms with Crippen LogP contribution in [-0.2, 0) is 15.3 Å². The second-order valence-corrected chi connectivity index (χ2v) is 6.91. The molecule has 0 aliphatic rings. The zero-order chi connectivity index (χ0) is 20.0. The highest BCUT2D eigenvalue weighted by atomic mass is 35.5. The maximum Gasteiger partial charge on any atom is 0.342 e. The monoisotopic (exact) mass is 410 g/mol. The quantitative estimate of drug-likeness (QED) is 0.645. The number of anilines is 1. The second kappa shape index (κ2) is 9.48. The van der Waals surface area contributed by atoms with Crippen LogP contribution in [0, 0.1) is 6.92 Å². The molecule has 0 spiro atoms. The summed E-state index contributed by atoms with van der Waals surface area (Å²) < 4.78 is 10.3. The van der Waals surface area contributed by atoms with Crippen molar-refractivity contribution < 1.29 is 23.5 Å². The average Bonchev–Trinajstić information content (AvgIpc) is 2.93. The molecule has 144 valence electrons. The van der Waals surface area contributed by atoms with Gasteiger partial charge in [0.25, 0.3) is 5.91 Å². The van der Waals surface area contributed by atoms with Gasteiger partial charge in [-0.2, -0.15) is 0 Å². The van der Waals surface area contributed by atoms with E-state index in [-0.39, 0.29) is 41.0 Å². The van der Waals surface area contributed by atoms with E-state index in [0.717, 1.165) is 5.56 Å². The molecular weight excluding hydrogens is 392 g/mol. The molecule has 7 nitrogen and oxygen atoms in total. The fraction of sp³-hybridized carbons (Fsp3) is 0.278. The summed E-state index contributed by atoms with van der Waals surface area (Å²) in [5.41, 5.74) is 6.11. The zero-order valence-corrected chi connectivity index (χ0v) is 16.4. The summed E-state index contributed by atoms with van der Waals surface area (Å²) in [6.45, 7) is 3.26. The minimum Gasteiger partial charge on any atom is -0.462 e. The van der Waals surface area contributed by atoms with Gasteiger partial charge in [-0.25, -0.2) is 4.79 Å². The van der Waals surface area contributed by atoms with Crippen LogP contribution in [0.3, 0.4) is 0 Å². The Morgan fingerprint density at radius 3 is 2.48 bits per heavy atom. The van der Waals surface area contributed by atoms with Crippen LogP contribution in [0.1, 0.15) is 39.0 Å². The molecule has 0 aliphatic carbocycles. The first kappa shape index (κ1) is 20.9. The molecule has 0 saturated heterocycles. The Kier molecular flexibility index (Phi) is 7.32. The first-order valence-corrected chi connectivity index (χ1v) is 9.59. The van der Waals surface area contributed by atoms with Gasteiger partial charge in [0.15, 0.2) is 0 Å². The Hall–Kier alpha value is -2.45. The number of esters is 1. The van der Waals surface area contributed by atoms with Crippen LogP contribution in [0.5, 0.6) is 0 Å². The third-order valence-electron chi connectivity index (χ3n) is 3.48. The van der Waals surface area contributed by atoms with E-state index >= 15 is 0 Å². The third kappa shape index (κ3) is 5.51. The van der Waals surface area contributed by atoms with E-state index in [2.05, 4.69) is 5.32 Å². The van der Waals surface area contributed by atoms with Gasteiger partial charge in [-0.1, -0.05) is 23.7 Å². The number of thioether (sulfide) groups is 1. The normalized spacial score (nSPS) is 10.5. The molecule has 0 bridgehead atoms. The SMILES string of the molecule is CCOC(=O)c1c(C)oc(NC(=O)CSCc2ccc(Cl)cc2)c1C(N)=O. The minimum absolute atomic E-state index is 0.0755. The molecule has 2 amide bonds. The van der Waals surface area contributed by atoms with Crippen LogP contribution in [0.25, 0.3) is 0 Å². The number of benzene rings is 1. The van der Waals surface area contributed by atoms with E-state index in [9.17, 15) is 14.4 Å². The number of hydrogen-bond acceptors (Lipinski definition) is 6. The number of amides is 2. The Morgan fingerprint density at radius 1 is 1.22 bits per heavy atom. The highest BCUT2D eigenvalue weighted by Gasteiger charge is 2.29. The fourth-order valence-electron chi connectivity index (χ4n) is 2.32. The standard InChI is InChI=1S/C18H19ClN2O5S/c1-3-25-18(24)14-10(2)26-17(15(14)16(20)23)21-13(22)9-27-8-11-4-6-12(19)7-5-11/h4-7H,3,8-9H2,1-2H3,(H2,20,23)(H,21,22). The molecule has 9 heteroatoms. The number of halogens is 1. The molecule has 2 aromatic rings. The molecule has 0 atom stereocenters. The predicted octanol–water partition coefficient (Wildman–Crippen LogP) is 3.39. The lowest BCUT2D eigenvalue weighted by Crippen LogP contribution is -2.21. The Labute approximate surface area is 165 Å². The van der Waals surface area contributed by atoms with E-state index < -0.39 is 11.9 Å². The summed E-state index contributed by atoms with van der Waals surface area (Å²) in [6, 6.07) is 7.30. The van der Waals surface area contributed by atoms with Crippen LogP contribution in [-0.4, -0.2) is 30.1 Å². The molecule has 2 rings (SSSR count). The van der Waals surface area contributed by atoms with Gasteiger partial charge in [0, 0.05) is 10.8 Å². The molecular formula is C18H19ClN2O5S. The predicted molar refractivity (Wildman–Crippen MR) is 104 cm³/mol. The van der Waals surface area contributed by atoms with Gasteiger partial charge in [-0.15, -0.1) is 11.8 Å². The van der Waals surface area contributed by atoms with E-state index in [1.54, 1.807) is 19.1 Å². The number of nitrogens with one attached hydrogen (secondary N) is 1. The first-order chi connectivity index (χ1) is 12.8. The van der Waals surface area contributed by atoms with Gasteiger partial charge in [-0.05, 0) is 31.5 Å². The van der Waals surface area contributed by atoms with Gasteiger partial charge >= 0.3 is 5.97 Å². The molecule has 0 aliphatic heterocycles. The van der Waals surface area contributed by atoms with E-state index in [1.807, 2.05) is 12.1 Å². The summed E-state index contributed by atoms with van der Waals surface area (Å²) in [5.74, 6) is -1.29. The Balaban J connectivity index is 2.04. The van der Waals surface area contributed by atoms with Gasteiger partial charge in [0.1, 0.15) is 16.9 Å². The van der Waals surface area contributed by atoms with Crippen molar-refractivity contribution in [2.75, 3.05) is 17.7 Å². The van der Waals surface area contributed by atoms with Gasteiger partial charge in [0.05, 0.1) is 12.4 Å². The molecule has 1 aromatic heterocycles. The molecule has 0 fully saturated rings. The molecule has 1 heterocycles. The first-order valence-electron chi connectivity index (χ1n) is 8.05. The maximum absolute atomic E-state index is 12.2. The van der Waals surface area contributed by atoms with E-state index in [0.29, 0.717) is 10.8 Å². The lowest BCUT2D eigenvalue weighted by molar-refractivity contribution is -0.113. The lowest BCUT2D eigenvalue weighted by Gasteiger charge is -2.05. The van der Waals surface area contributed by atoms with Crippen molar-refractivity contribution >= 4 is 47.0 Å². The van der Waals surface area contributed by atoms with E-state index in [4.69, 9.17) is 26.5 Å². The van der Waals surface area contributed by atoms with Crippen molar-refractivity contribution in [1.29, 1.82) is 0 Å². The van der Waals surface area contributed by atoms with Crippen LogP contribution in [0.15, 0.2) is 28.7 Å². The average molecular weight is 411 g/mol. The number of nitrogens with two attached hydrogens (primary N) is 1. The zero-order valence-electron chi connectivity index (χ0n) is 14.8. The summed E-state index contributed by atoms with van der Waals surface area (Å²) in [7, 11) is 0. The van der Waals surface area contributed by atoms with Crippen molar-refractivity contribution in [2.24, 2.45) is 5.73 Å². The Morgan fingerprint density at radius 2 is 1.89 bits per heavy atom. The molecule has 27 heavy (non-hydrogen) atoms. The highest BCUT2D eigenvalue weighted by Crippen LogP contribution is 2.28. The summed E-state index contributed by atoms with van der Waals surface area (Å²) >= 11 is 7.21. The second-order valence-electron chi connectivity index (χ2n) is 5.49. The maximum atomic E-state index is 12.2. The molecule has 1 aromatic carbocycles. The number of rotatable bonds is 8. The lowest BCUT2D eigenvalue weighted by atomic mass is 10.1. The topological polar surface area (TPSA) is 112 Å². The molecule has 0 unspecified atom stereocenters. The van der Waals surface area contributed by atoms with Crippen molar-refractivity contribution in [3.8, 4) is 0 Å². The number of carbonyl (C=O) groups is 3. The number of aryl methyl sites for hydroxylation is 1. The third-order valence-corrected chi connectivity index (χ3v) is 4.73. The smallest absolute Gasteiger partial charge is 0.342 e. The van der Waals surface area contributed by atoms with Crippen LogP contribution in [0.2, 0.25) is 5.02 Å². The summed E-state index contributed by atoms with van der Waals surface area (Å²) in [5, 5.41) is 3.13.